The van der Waals surface area contributed by atoms with Gasteiger partial charge >= 0.3 is 0 Å². The standard InChI is InChI=1S/C25H29ClN4O/c1-18-2-4-19(5-3-18)25(31)29-14-12-28(13-15-29)21-9-11-30(17-21)24-8-10-27-23-16-20(26)6-7-22(23)24/h2-8,10,21,23H,9,11-17H2,1H3. The SMILES string of the molecule is Cc1ccc(C(=O)N2CCN(C3CCN(C4=CC=NC5CC(Cl)=CC=C45)C3)CC2)cc1. The smallest absolute Gasteiger partial charge is 0.253 e. The van der Waals surface area contributed by atoms with Crippen molar-refractivity contribution in [2.75, 3.05) is 39.3 Å². The van der Waals surface area contributed by atoms with Gasteiger partial charge in [-0.2, -0.15) is 0 Å². The van der Waals surface area contributed by atoms with Crippen LogP contribution in [0, 0.1) is 6.92 Å². The minimum absolute atomic E-state index is 0.154. The number of allylic oxidation sites excluding steroid dienone is 3. The van der Waals surface area contributed by atoms with Crippen LogP contribution in [0.3, 0.4) is 0 Å². The summed E-state index contributed by atoms with van der Waals surface area (Å²) in [4.78, 5) is 24.5. The molecule has 31 heavy (non-hydrogen) atoms. The Morgan fingerprint density at radius 2 is 1.81 bits per heavy atom. The number of carbonyl (C=O) groups is 1. The van der Waals surface area contributed by atoms with Crippen molar-refractivity contribution < 1.29 is 4.79 Å². The number of fused-ring (bicyclic) bond motifs is 1. The number of aryl methyl sites for hydroxylation is 1. The van der Waals surface area contributed by atoms with E-state index in [0.29, 0.717) is 6.04 Å². The van der Waals surface area contributed by atoms with Crippen molar-refractivity contribution in [1.29, 1.82) is 0 Å². The number of aliphatic imine (C=N–C) groups is 1. The molecule has 0 N–H and O–H groups in total. The lowest BCUT2D eigenvalue weighted by atomic mass is 9.94. The lowest BCUT2D eigenvalue weighted by Crippen LogP contribution is -2.52. The van der Waals surface area contributed by atoms with Crippen LogP contribution in [0.1, 0.15) is 28.8 Å². The zero-order valence-corrected chi connectivity index (χ0v) is 18.8. The fraction of sp³-hybridized carbons (Fsp3) is 0.440. The number of rotatable bonds is 3. The van der Waals surface area contributed by atoms with Crippen molar-refractivity contribution in [3.05, 3.63) is 69.9 Å². The minimum atomic E-state index is 0.154. The molecule has 6 heteroatoms. The first-order valence-corrected chi connectivity index (χ1v) is 11.6. The van der Waals surface area contributed by atoms with Gasteiger partial charge in [-0.25, -0.2) is 0 Å². The molecular formula is C25H29ClN4O. The summed E-state index contributed by atoms with van der Waals surface area (Å²) in [6, 6.07) is 8.60. The number of halogens is 1. The van der Waals surface area contributed by atoms with Gasteiger partial charge in [0, 0.05) is 79.8 Å². The van der Waals surface area contributed by atoms with E-state index in [1.165, 1.54) is 16.8 Å². The molecule has 0 radical (unpaired) electrons. The first-order valence-electron chi connectivity index (χ1n) is 11.2. The number of carbonyl (C=O) groups excluding carboxylic acids is 1. The number of amides is 1. The van der Waals surface area contributed by atoms with Crippen molar-refractivity contribution in [2.45, 2.75) is 31.8 Å². The molecule has 5 rings (SSSR count). The van der Waals surface area contributed by atoms with Crippen LogP contribution in [0.4, 0.5) is 0 Å². The Bertz CT molecular complexity index is 970. The van der Waals surface area contributed by atoms with Crippen LogP contribution in [-0.4, -0.2) is 78.2 Å². The van der Waals surface area contributed by atoms with Gasteiger partial charge in [-0.3, -0.25) is 14.7 Å². The maximum Gasteiger partial charge on any atom is 0.253 e. The van der Waals surface area contributed by atoms with E-state index in [2.05, 4.69) is 26.9 Å². The van der Waals surface area contributed by atoms with E-state index in [0.717, 1.165) is 62.7 Å². The molecule has 1 aromatic rings. The molecule has 2 saturated heterocycles. The van der Waals surface area contributed by atoms with Crippen molar-refractivity contribution in [3.63, 3.8) is 0 Å². The molecular weight excluding hydrogens is 408 g/mol. The summed E-state index contributed by atoms with van der Waals surface area (Å²) in [5.74, 6) is 0.154. The van der Waals surface area contributed by atoms with Crippen LogP contribution in [0.2, 0.25) is 0 Å². The van der Waals surface area contributed by atoms with Crippen LogP contribution < -0.4 is 0 Å². The van der Waals surface area contributed by atoms with Gasteiger partial charge in [-0.1, -0.05) is 35.4 Å². The number of likely N-dealkylation sites (tertiary alicyclic amines) is 1. The molecule has 5 nitrogen and oxygen atoms in total. The zero-order chi connectivity index (χ0) is 21.4. The molecule has 0 aromatic heterocycles. The highest BCUT2D eigenvalue weighted by Gasteiger charge is 2.34. The Morgan fingerprint density at radius 1 is 1.03 bits per heavy atom. The van der Waals surface area contributed by atoms with Crippen molar-refractivity contribution >= 4 is 23.7 Å². The lowest BCUT2D eigenvalue weighted by molar-refractivity contribution is 0.0577. The highest BCUT2D eigenvalue weighted by atomic mass is 35.5. The number of nitrogens with zero attached hydrogens (tertiary/aromatic N) is 4. The van der Waals surface area contributed by atoms with Crippen LogP contribution in [0.25, 0.3) is 0 Å². The summed E-state index contributed by atoms with van der Waals surface area (Å²) in [5, 5.41) is 0.879. The van der Waals surface area contributed by atoms with Crippen molar-refractivity contribution in [2.24, 2.45) is 4.99 Å². The second-order valence-corrected chi connectivity index (χ2v) is 9.37. The van der Waals surface area contributed by atoms with Gasteiger partial charge in [-0.15, -0.1) is 0 Å². The molecule has 4 aliphatic rings. The molecule has 1 aromatic carbocycles. The summed E-state index contributed by atoms with van der Waals surface area (Å²) in [5.41, 5.74) is 4.57. The van der Waals surface area contributed by atoms with Gasteiger partial charge in [-0.05, 0) is 37.6 Å². The van der Waals surface area contributed by atoms with Gasteiger partial charge < -0.3 is 9.80 Å². The Kier molecular flexibility index (Phi) is 5.72. The highest BCUT2D eigenvalue weighted by Crippen LogP contribution is 2.34. The van der Waals surface area contributed by atoms with E-state index in [1.807, 2.05) is 48.4 Å². The zero-order valence-electron chi connectivity index (χ0n) is 18.0. The predicted octanol–water partition coefficient (Wildman–Crippen LogP) is 3.62. The third-order valence-corrected chi connectivity index (χ3v) is 7.19. The fourth-order valence-electron chi connectivity index (χ4n) is 5.07. The minimum Gasteiger partial charge on any atom is -0.370 e. The van der Waals surface area contributed by atoms with E-state index in [-0.39, 0.29) is 11.9 Å². The van der Waals surface area contributed by atoms with E-state index >= 15 is 0 Å². The fourth-order valence-corrected chi connectivity index (χ4v) is 5.28. The van der Waals surface area contributed by atoms with Gasteiger partial charge in [0.2, 0.25) is 0 Å². The number of hydrogen-bond acceptors (Lipinski definition) is 4. The van der Waals surface area contributed by atoms with E-state index in [9.17, 15) is 4.79 Å². The molecule has 3 heterocycles. The van der Waals surface area contributed by atoms with Crippen molar-refractivity contribution in [3.8, 4) is 0 Å². The number of piperazine rings is 1. The first kappa shape index (κ1) is 20.5. The molecule has 2 atom stereocenters. The highest BCUT2D eigenvalue weighted by molar-refractivity contribution is 6.29. The van der Waals surface area contributed by atoms with Gasteiger partial charge in [0.1, 0.15) is 0 Å². The molecule has 2 fully saturated rings. The second kappa shape index (κ2) is 8.64. The van der Waals surface area contributed by atoms with E-state index < -0.39 is 0 Å². The molecule has 1 aliphatic carbocycles. The number of dihydropyridines is 1. The molecule has 2 unspecified atom stereocenters. The molecule has 0 bridgehead atoms. The predicted molar refractivity (Wildman–Crippen MR) is 126 cm³/mol. The summed E-state index contributed by atoms with van der Waals surface area (Å²) in [6.45, 7) is 7.64. The Morgan fingerprint density at radius 3 is 2.58 bits per heavy atom. The lowest BCUT2D eigenvalue weighted by Gasteiger charge is -2.38. The first-order chi connectivity index (χ1) is 15.1. The van der Waals surface area contributed by atoms with E-state index in [1.54, 1.807) is 0 Å². The van der Waals surface area contributed by atoms with Crippen LogP contribution in [-0.2, 0) is 0 Å². The van der Waals surface area contributed by atoms with Crippen LogP contribution in [0.15, 0.2) is 63.8 Å². The maximum absolute atomic E-state index is 12.8. The molecule has 0 spiro atoms. The van der Waals surface area contributed by atoms with Gasteiger partial charge in [0.15, 0.2) is 0 Å². The average Bonchev–Trinajstić information content (AvgIpc) is 3.29. The van der Waals surface area contributed by atoms with Crippen molar-refractivity contribution in [1.82, 2.24) is 14.7 Å². The third kappa shape index (κ3) is 4.21. The molecule has 1 amide bonds. The molecule has 0 saturated carbocycles. The van der Waals surface area contributed by atoms with Crippen LogP contribution in [0.5, 0.6) is 0 Å². The summed E-state index contributed by atoms with van der Waals surface area (Å²) < 4.78 is 0. The van der Waals surface area contributed by atoms with Gasteiger partial charge in [0.05, 0.1) is 6.04 Å². The largest absolute Gasteiger partial charge is 0.370 e. The Hall–Kier alpha value is -2.37. The average molecular weight is 437 g/mol. The summed E-state index contributed by atoms with van der Waals surface area (Å²) in [6.07, 6.45) is 10.2. The molecule has 3 aliphatic heterocycles. The maximum atomic E-state index is 12.8. The Labute approximate surface area is 189 Å². The number of benzene rings is 1. The van der Waals surface area contributed by atoms with Crippen LogP contribution >= 0.6 is 11.6 Å². The quantitative estimate of drug-likeness (QED) is 0.726. The Balaban J connectivity index is 1.18. The van der Waals surface area contributed by atoms with Gasteiger partial charge in [0.25, 0.3) is 5.91 Å². The second-order valence-electron chi connectivity index (χ2n) is 8.89. The van der Waals surface area contributed by atoms with E-state index in [4.69, 9.17) is 11.6 Å². The number of hydrogen-bond donors (Lipinski definition) is 0. The normalized spacial score (nSPS) is 26.3. The summed E-state index contributed by atoms with van der Waals surface area (Å²) in [7, 11) is 0. The monoisotopic (exact) mass is 436 g/mol. The molecule has 162 valence electrons. The third-order valence-electron chi connectivity index (χ3n) is 6.91. The topological polar surface area (TPSA) is 39.2 Å². The summed E-state index contributed by atoms with van der Waals surface area (Å²) >= 11 is 6.22.